The van der Waals surface area contributed by atoms with E-state index in [1.807, 2.05) is 38.3 Å². The van der Waals surface area contributed by atoms with Gasteiger partial charge < -0.3 is 14.1 Å². The molecule has 3 rings (SSSR count). The van der Waals surface area contributed by atoms with Gasteiger partial charge in [-0.05, 0) is 45.1 Å². The lowest BCUT2D eigenvalue weighted by atomic mass is 10.0. The maximum absolute atomic E-state index is 12.2. The highest BCUT2D eigenvalue weighted by molar-refractivity contribution is 7.13. The van der Waals surface area contributed by atoms with Crippen LogP contribution in [0.25, 0.3) is 10.8 Å². The molecule has 3 heterocycles. The van der Waals surface area contributed by atoms with Crippen molar-refractivity contribution in [3.05, 3.63) is 28.1 Å². The Morgan fingerprint density at radius 2 is 2.11 bits per heavy atom. The summed E-state index contributed by atoms with van der Waals surface area (Å²) in [5.74, 6) is -0.0964. The average Bonchev–Trinajstić information content (AvgIpc) is 3.24. The van der Waals surface area contributed by atoms with Crippen molar-refractivity contribution in [2.75, 3.05) is 20.1 Å². The minimum absolute atomic E-state index is 0.131. The Labute approximate surface area is 162 Å². The predicted octanol–water partition coefficient (Wildman–Crippen LogP) is 2.85. The Balaban J connectivity index is 1.54. The van der Waals surface area contributed by atoms with E-state index in [9.17, 15) is 9.59 Å². The first-order chi connectivity index (χ1) is 12.7. The van der Waals surface area contributed by atoms with Crippen molar-refractivity contribution in [1.82, 2.24) is 19.6 Å². The number of amides is 1. The third-order valence-corrected chi connectivity index (χ3v) is 5.32. The minimum Gasteiger partial charge on any atom is -0.444 e. The van der Waals surface area contributed by atoms with Gasteiger partial charge in [0.2, 0.25) is 0 Å². The number of rotatable bonds is 4. The molecule has 0 spiro atoms. The number of ether oxygens (including phenoxy) is 1. The number of aromatic nitrogens is 2. The first-order valence-corrected chi connectivity index (χ1v) is 9.91. The van der Waals surface area contributed by atoms with Crippen molar-refractivity contribution < 1.29 is 13.9 Å². The summed E-state index contributed by atoms with van der Waals surface area (Å²) < 4.78 is 12.0. The van der Waals surface area contributed by atoms with Gasteiger partial charge >= 0.3 is 11.8 Å². The molecule has 8 nitrogen and oxygen atoms in total. The van der Waals surface area contributed by atoms with E-state index >= 15 is 0 Å². The van der Waals surface area contributed by atoms with Gasteiger partial charge in [0.1, 0.15) is 12.3 Å². The summed E-state index contributed by atoms with van der Waals surface area (Å²) in [6.07, 6.45) is 1.34. The lowest BCUT2D eigenvalue weighted by Gasteiger charge is -2.36. The second kappa shape index (κ2) is 7.85. The van der Waals surface area contributed by atoms with Crippen LogP contribution in [0.15, 0.2) is 26.7 Å². The summed E-state index contributed by atoms with van der Waals surface area (Å²) in [6.45, 7) is 7.51. The van der Waals surface area contributed by atoms with Crippen LogP contribution in [-0.4, -0.2) is 57.5 Å². The van der Waals surface area contributed by atoms with Crippen molar-refractivity contribution in [3.8, 4) is 10.8 Å². The molecule has 27 heavy (non-hydrogen) atoms. The predicted molar refractivity (Wildman–Crippen MR) is 103 cm³/mol. The molecular formula is C18H26N4O4S. The van der Waals surface area contributed by atoms with Gasteiger partial charge in [-0.2, -0.15) is 4.68 Å². The molecular weight excluding hydrogens is 368 g/mol. The molecule has 0 aromatic carbocycles. The molecule has 1 aliphatic rings. The van der Waals surface area contributed by atoms with Gasteiger partial charge in [0, 0.05) is 26.2 Å². The molecule has 1 amide bonds. The molecule has 148 valence electrons. The quantitative estimate of drug-likeness (QED) is 0.793. The number of hydrogen-bond acceptors (Lipinski definition) is 7. The van der Waals surface area contributed by atoms with Crippen LogP contribution in [0.1, 0.15) is 33.6 Å². The molecule has 0 aliphatic carbocycles. The van der Waals surface area contributed by atoms with Crippen molar-refractivity contribution >= 4 is 17.4 Å². The zero-order valence-electron chi connectivity index (χ0n) is 16.2. The highest BCUT2D eigenvalue weighted by Crippen LogP contribution is 2.22. The van der Waals surface area contributed by atoms with Gasteiger partial charge in [0.25, 0.3) is 5.89 Å². The second-order valence-electron chi connectivity index (χ2n) is 7.73. The summed E-state index contributed by atoms with van der Waals surface area (Å²) in [5.41, 5.74) is -0.500. The molecule has 0 saturated carbocycles. The lowest BCUT2D eigenvalue weighted by molar-refractivity contribution is 0.0134. The van der Waals surface area contributed by atoms with Crippen molar-refractivity contribution in [3.63, 3.8) is 0 Å². The second-order valence-corrected chi connectivity index (χ2v) is 8.68. The zero-order valence-corrected chi connectivity index (χ0v) is 17.0. The molecule has 0 atom stereocenters. The van der Waals surface area contributed by atoms with Gasteiger partial charge in [-0.1, -0.05) is 6.07 Å². The summed E-state index contributed by atoms with van der Waals surface area (Å²) in [4.78, 5) is 28.9. The van der Waals surface area contributed by atoms with Gasteiger partial charge in [-0.15, -0.1) is 16.4 Å². The van der Waals surface area contributed by atoms with E-state index in [4.69, 9.17) is 9.15 Å². The zero-order chi connectivity index (χ0) is 19.6. The number of nitrogens with zero attached hydrogens (tertiary/aromatic N) is 4. The van der Waals surface area contributed by atoms with Crippen LogP contribution < -0.4 is 5.76 Å². The Bertz CT molecular complexity index is 813. The highest BCUT2D eigenvalue weighted by Gasteiger charge is 2.29. The van der Waals surface area contributed by atoms with Crippen molar-refractivity contribution in [2.45, 2.75) is 51.9 Å². The van der Waals surface area contributed by atoms with Crippen LogP contribution in [0, 0.1) is 0 Å². The van der Waals surface area contributed by atoms with Crippen molar-refractivity contribution in [2.24, 2.45) is 0 Å². The Morgan fingerprint density at radius 3 is 2.70 bits per heavy atom. The number of hydrogen-bond donors (Lipinski definition) is 0. The molecule has 2 aromatic rings. The van der Waals surface area contributed by atoms with Crippen LogP contribution in [0.4, 0.5) is 4.79 Å². The molecule has 0 radical (unpaired) electrons. The first-order valence-electron chi connectivity index (χ1n) is 9.03. The summed E-state index contributed by atoms with van der Waals surface area (Å²) in [5, 5.41) is 6.21. The number of piperidine rings is 1. The molecule has 1 aliphatic heterocycles. The van der Waals surface area contributed by atoms with Gasteiger partial charge in [-0.3, -0.25) is 4.90 Å². The fourth-order valence-electron chi connectivity index (χ4n) is 3.02. The molecule has 0 bridgehead atoms. The number of carbonyl (C=O) groups excluding carboxylic acids is 1. The number of likely N-dealkylation sites (tertiary alicyclic amines) is 1. The SMILES string of the molecule is CN(C(=O)OC(C)(C)C)C1CCN(Cn2nc(-c3cccs3)oc2=O)CC1. The van der Waals surface area contributed by atoms with E-state index in [1.165, 1.54) is 16.0 Å². The third-order valence-electron chi connectivity index (χ3n) is 4.46. The molecule has 1 fully saturated rings. The third kappa shape index (κ3) is 4.98. The standard InChI is InChI=1S/C18H26N4O4S/c1-18(2,3)26-16(23)20(4)13-7-9-21(10-8-13)12-22-17(24)25-15(19-22)14-6-5-11-27-14/h5-6,11,13H,7-10,12H2,1-4H3. The Kier molecular flexibility index (Phi) is 5.71. The first kappa shape index (κ1) is 19.6. The average molecular weight is 394 g/mol. The van der Waals surface area contributed by atoms with Crippen LogP contribution in [0.3, 0.4) is 0 Å². The molecule has 0 unspecified atom stereocenters. The van der Waals surface area contributed by atoms with Crippen LogP contribution in [0.2, 0.25) is 0 Å². The monoisotopic (exact) mass is 394 g/mol. The lowest BCUT2D eigenvalue weighted by Crippen LogP contribution is -2.47. The fraction of sp³-hybridized carbons (Fsp3) is 0.611. The minimum atomic E-state index is -0.500. The smallest absolute Gasteiger partial charge is 0.438 e. The van der Waals surface area contributed by atoms with E-state index in [0.29, 0.717) is 12.6 Å². The van der Waals surface area contributed by atoms with Crippen molar-refractivity contribution in [1.29, 1.82) is 0 Å². The fourth-order valence-corrected chi connectivity index (χ4v) is 3.66. The number of carbonyl (C=O) groups is 1. The van der Waals surface area contributed by atoms with E-state index in [1.54, 1.807) is 11.9 Å². The van der Waals surface area contributed by atoms with Crippen LogP contribution in [0.5, 0.6) is 0 Å². The van der Waals surface area contributed by atoms with Gasteiger partial charge in [-0.25, -0.2) is 9.59 Å². The van der Waals surface area contributed by atoms with Gasteiger partial charge in [0.05, 0.1) is 4.88 Å². The van der Waals surface area contributed by atoms with Crippen LogP contribution >= 0.6 is 11.3 Å². The van der Waals surface area contributed by atoms with E-state index in [2.05, 4.69) is 10.00 Å². The Hall–Kier alpha value is -2.13. The van der Waals surface area contributed by atoms with Crippen LogP contribution in [-0.2, 0) is 11.4 Å². The highest BCUT2D eigenvalue weighted by atomic mass is 32.1. The normalized spacial score (nSPS) is 16.4. The van der Waals surface area contributed by atoms with Gasteiger partial charge in [0.15, 0.2) is 0 Å². The maximum Gasteiger partial charge on any atom is 0.438 e. The van der Waals surface area contributed by atoms with E-state index in [-0.39, 0.29) is 12.1 Å². The summed E-state index contributed by atoms with van der Waals surface area (Å²) >= 11 is 1.48. The largest absolute Gasteiger partial charge is 0.444 e. The maximum atomic E-state index is 12.2. The summed E-state index contributed by atoms with van der Waals surface area (Å²) in [6, 6.07) is 3.90. The summed E-state index contributed by atoms with van der Waals surface area (Å²) in [7, 11) is 1.78. The molecule has 1 saturated heterocycles. The van der Waals surface area contributed by atoms with E-state index < -0.39 is 11.4 Å². The topological polar surface area (TPSA) is 80.8 Å². The molecule has 9 heteroatoms. The number of thiophene rings is 1. The molecule has 0 N–H and O–H groups in total. The van der Waals surface area contributed by atoms with E-state index in [0.717, 1.165) is 30.8 Å². The Morgan fingerprint density at radius 1 is 1.41 bits per heavy atom. The molecule has 2 aromatic heterocycles.